The average molecular weight is 295 g/mol. The van der Waals surface area contributed by atoms with Gasteiger partial charge in [0.1, 0.15) is 0 Å². The molecule has 2 aromatic carbocycles. The van der Waals surface area contributed by atoms with Crippen LogP contribution in [-0.4, -0.2) is 19.5 Å². The normalized spacial score (nSPS) is 19.7. The van der Waals surface area contributed by atoms with E-state index in [1.54, 1.807) is 0 Å². The molecule has 1 aliphatic heterocycles. The highest BCUT2D eigenvalue weighted by atomic mass is 16.7. The maximum absolute atomic E-state index is 9.54. The molecule has 0 aliphatic carbocycles. The summed E-state index contributed by atoms with van der Waals surface area (Å²) in [6.45, 7) is 1.35. The smallest absolute Gasteiger partial charge is 0.157 e. The SMILES string of the molecule is N#CC(CCOC1CCCCO1)c1cccc2ccccc12. The van der Waals surface area contributed by atoms with Gasteiger partial charge in [0.2, 0.25) is 0 Å². The third-order valence-electron chi connectivity index (χ3n) is 4.20. The summed E-state index contributed by atoms with van der Waals surface area (Å²) >= 11 is 0. The molecule has 3 heteroatoms. The lowest BCUT2D eigenvalue weighted by atomic mass is 9.92. The zero-order valence-electron chi connectivity index (χ0n) is 12.7. The van der Waals surface area contributed by atoms with Crippen LogP contribution >= 0.6 is 0 Å². The van der Waals surface area contributed by atoms with E-state index < -0.39 is 0 Å². The van der Waals surface area contributed by atoms with Crippen LogP contribution in [0.25, 0.3) is 10.8 Å². The van der Waals surface area contributed by atoms with Crippen LogP contribution in [0.1, 0.15) is 37.2 Å². The summed E-state index contributed by atoms with van der Waals surface area (Å²) in [7, 11) is 0. The zero-order chi connectivity index (χ0) is 15.2. The fraction of sp³-hybridized carbons (Fsp3) is 0.421. The summed E-state index contributed by atoms with van der Waals surface area (Å²) in [6, 6.07) is 16.8. The first-order chi connectivity index (χ1) is 10.9. The van der Waals surface area contributed by atoms with Gasteiger partial charge in [-0.3, -0.25) is 0 Å². The summed E-state index contributed by atoms with van der Waals surface area (Å²) in [5.74, 6) is -0.144. The van der Waals surface area contributed by atoms with Crippen LogP contribution < -0.4 is 0 Å². The number of benzene rings is 2. The minimum absolute atomic E-state index is 0.0828. The van der Waals surface area contributed by atoms with Gasteiger partial charge >= 0.3 is 0 Å². The maximum atomic E-state index is 9.54. The van der Waals surface area contributed by atoms with Crippen molar-refractivity contribution in [2.45, 2.75) is 37.9 Å². The summed E-state index contributed by atoms with van der Waals surface area (Å²) in [6.07, 6.45) is 3.86. The molecule has 3 rings (SSSR count). The fourth-order valence-electron chi connectivity index (χ4n) is 3.00. The van der Waals surface area contributed by atoms with Crippen molar-refractivity contribution in [1.82, 2.24) is 0 Å². The van der Waals surface area contributed by atoms with Crippen molar-refractivity contribution in [1.29, 1.82) is 5.26 Å². The second-order valence-electron chi connectivity index (χ2n) is 5.71. The zero-order valence-corrected chi connectivity index (χ0v) is 12.7. The lowest BCUT2D eigenvalue weighted by Gasteiger charge is -2.23. The van der Waals surface area contributed by atoms with Gasteiger partial charge in [0.25, 0.3) is 0 Å². The molecule has 0 radical (unpaired) electrons. The molecule has 0 bridgehead atoms. The summed E-state index contributed by atoms with van der Waals surface area (Å²) in [4.78, 5) is 0. The van der Waals surface area contributed by atoms with Crippen LogP contribution in [0, 0.1) is 11.3 Å². The molecule has 1 heterocycles. The third kappa shape index (κ3) is 3.47. The van der Waals surface area contributed by atoms with Crippen molar-refractivity contribution in [3.05, 3.63) is 48.0 Å². The molecule has 0 N–H and O–H groups in total. The monoisotopic (exact) mass is 295 g/mol. The van der Waals surface area contributed by atoms with E-state index in [-0.39, 0.29) is 12.2 Å². The second kappa shape index (κ2) is 7.40. The highest BCUT2D eigenvalue weighted by molar-refractivity contribution is 5.86. The maximum Gasteiger partial charge on any atom is 0.157 e. The molecule has 0 aromatic heterocycles. The molecule has 2 aromatic rings. The van der Waals surface area contributed by atoms with E-state index in [0.29, 0.717) is 13.0 Å². The van der Waals surface area contributed by atoms with Gasteiger partial charge in [-0.05, 0) is 42.0 Å². The highest BCUT2D eigenvalue weighted by Gasteiger charge is 2.17. The Morgan fingerprint density at radius 3 is 2.86 bits per heavy atom. The van der Waals surface area contributed by atoms with Crippen molar-refractivity contribution < 1.29 is 9.47 Å². The highest BCUT2D eigenvalue weighted by Crippen LogP contribution is 2.28. The molecule has 3 nitrogen and oxygen atoms in total. The van der Waals surface area contributed by atoms with Gasteiger partial charge in [-0.1, -0.05) is 42.5 Å². The lowest BCUT2D eigenvalue weighted by molar-refractivity contribution is -0.162. The number of nitrogens with zero attached hydrogens (tertiary/aromatic N) is 1. The van der Waals surface area contributed by atoms with Crippen molar-refractivity contribution in [3.63, 3.8) is 0 Å². The van der Waals surface area contributed by atoms with Crippen molar-refractivity contribution >= 4 is 10.8 Å². The Morgan fingerprint density at radius 1 is 1.18 bits per heavy atom. The largest absolute Gasteiger partial charge is 0.353 e. The first-order valence-corrected chi connectivity index (χ1v) is 7.99. The first kappa shape index (κ1) is 15.0. The van der Waals surface area contributed by atoms with Crippen LogP contribution in [-0.2, 0) is 9.47 Å². The number of ether oxygens (including phenoxy) is 2. The second-order valence-corrected chi connectivity index (χ2v) is 5.71. The van der Waals surface area contributed by atoms with E-state index in [1.807, 2.05) is 24.3 Å². The van der Waals surface area contributed by atoms with Crippen LogP contribution in [0.4, 0.5) is 0 Å². The summed E-state index contributed by atoms with van der Waals surface area (Å²) in [5.41, 5.74) is 1.09. The minimum Gasteiger partial charge on any atom is -0.353 e. The van der Waals surface area contributed by atoms with Crippen LogP contribution in [0.5, 0.6) is 0 Å². The molecule has 0 spiro atoms. The summed E-state index contributed by atoms with van der Waals surface area (Å²) in [5, 5.41) is 11.9. The van der Waals surface area contributed by atoms with E-state index in [2.05, 4.69) is 24.3 Å². The fourth-order valence-corrected chi connectivity index (χ4v) is 3.00. The summed E-state index contributed by atoms with van der Waals surface area (Å²) < 4.78 is 11.3. The standard InChI is InChI=1S/C19H21NO2/c20-14-16(11-13-22-19-10-3-4-12-21-19)18-9-5-7-15-6-1-2-8-17(15)18/h1-2,5-9,16,19H,3-4,10-13H2. The number of fused-ring (bicyclic) bond motifs is 1. The van der Waals surface area contributed by atoms with Crippen molar-refractivity contribution in [2.24, 2.45) is 0 Å². The minimum atomic E-state index is -0.144. The van der Waals surface area contributed by atoms with Gasteiger partial charge in [0, 0.05) is 6.61 Å². The Morgan fingerprint density at radius 2 is 2.05 bits per heavy atom. The molecule has 114 valence electrons. The number of nitriles is 1. The molecular formula is C19H21NO2. The third-order valence-corrected chi connectivity index (χ3v) is 4.20. The molecule has 22 heavy (non-hydrogen) atoms. The number of rotatable bonds is 5. The van der Waals surface area contributed by atoms with Crippen molar-refractivity contribution in [3.8, 4) is 6.07 Å². The topological polar surface area (TPSA) is 42.2 Å². The van der Waals surface area contributed by atoms with Crippen LogP contribution in [0.2, 0.25) is 0 Å². The molecule has 0 amide bonds. The Balaban J connectivity index is 1.66. The Bertz CT molecular complexity index is 651. The van der Waals surface area contributed by atoms with Gasteiger partial charge in [0.05, 0.1) is 18.6 Å². The number of hydrogen-bond acceptors (Lipinski definition) is 3. The molecule has 1 fully saturated rings. The van der Waals surface area contributed by atoms with Crippen LogP contribution in [0.3, 0.4) is 0 Å². The average Bonchev–Trinajstić information content (AvgIpc) is 2.59. The molecule has 2 unspecified atom stereocenters. The first-order valence-electron chi connectivity index (χ1n) is 7.99. The van der Waals surface area contributed by atoms with Crippen molar-refractivity contribution in [2.75, 3.05) is 13.2 Å². The lowest BCUT2D eigenvalue weighted by Crippen LogP contribution is -2.23. The number of hydrogen-bond donors (Lipinski definition) is 0. The van der Waals surface area contributed by atoms with E-state index in [0.717, 1.165) is 36.8 Å². The molecule has 0 saturated carbocycles. The van der Waals surface area contributed by atoms with Gasteiger partial charge in [-0.15, -0.1) is 0 Å². The Kier molecular flexibility index (Phi) is 5.05. The quantitative estimate of drug-likeness (QED) is 0.822. The van der Waals surface area contributed by atoms with E-state index in [1.165, 1.54) is 5.39 Å². The van der Waals surface area contributed by atoms with Gasteiger partial charge < -0.3 is 9.47 Å². The van der Waals surface area contributed by atoms with Gasteiger partial charge in [-0.2, -0.15) is 5.26 Å². The molecule has 1 saturated heterocycles. The molecular weight excluding hydrogens is 274 g/mol. The van der Waals surface area contributed by atoms with Gasteiger partial charge in [-0.25, -0.2) is 0 Å². The Hall–Kier alpha value is -1.89. The van der Waals surface area contributed by atoms with E-state index in [4.69, 9.17) is 9.47 Å². The Labute approximate surface area is 131 Å². The van der Waals surface area contributed by atoms with Gasteiger partial charge in [0.15, 0.2) is 6.29 Å². The predicted molar refractivity (Wildman–Crippen MR) is 86.5 cm³/mol. The van der Waals surface area contributed by atoms with Crippen LogP contribution in [0.15, 0.2) is 42.5 Å². The predicted octanol–water partition coefficient (Wildman–Crippen LogP) is 4.38. The van der Waals surface area contributed by atoms with E-state index in [9.17, 15) is 5.26 Å². The molecule has 1 aliphatic rings. The van der Waals surface area contributed by atoms with E-state index >= 15 is 0 Å². The molecule has 2 atom stereocenters.